The maximum Gasteiger partial charge on any atom is 0.345 e. The summed E-state index contributed by atoms with van der Waals surface area (Å²) in [7, 11) is 1.42. The van der Waals surface area contributed by atoms with Crippen molar-refractivity contribution in [2.24, 2.45) is 0 Å². The number of hydrogen-bond acceptors (Lipinski definition) is 5. The van der Waals surface area contributed by atoms with Crippen molar-refractivity contribution in [3.63, 3.8) is 0 Å². The first-order chi connectivity index (χ1) is 6.63. The molecule has 0 aromatic heterocycles. The number of rotatable bonds is 1. The molecule has 74 valence electrons. The molecule has 1 aliphatic rings. The Morgan fingerprint density at radius 2 is 2.21 bits per heavy atom. The molecule has 0 aliphatic carbocycles. The first kappa shape index (κ1) is 8.83. The number of carbonyl (C=O) groups is 1. The lowest BCUT2D eigenvalue weighted by atomic mass is 10.1. The largest absolute Gasteiger partial charge is 0.507 e. The molecular formula is C9H8O5. The van der Waals surface area contributed by atoms with Gasteiger partial charge in [0.25, 0.3) is 0 Å². The van der Waals surface area contributed by atoms with Crippen LogP contribution in [0.5, 0.6) is 11.5 Å². The fraction of sp³-hybridized carbons (Fsp3) is 0.222. The van der Waals surface area contributed by atoms with Crippen LogP contribution in [0.2, 0.25) is 0 Å². The van der Waals surface area contributed by atoms with E-state index in [2.05, 4.69) is 4.74 Å². The molecule has 1 aromatic rings. The minimum atomic E-state index is -1.32. The van der Waals surface area contributed by atoms with Crippen molar-refractivity contribution < 1.29 is 24.5 Å². The van der Waals surface area contributed by atoms with Gasteiger partial charge in [-0.15, -0.1) is 0 Å². The Morgan fingerprint density at radius 3 is 2.86 bits per heavy atom. The monoisotopic (exact) mass is 196 g/mol. The van der Waals surface area contributed by atoms with Crippen molar-refractivity contribution in [2.45, 2.75) is 6.29 Å². The van der Waals surface area contributed by atoms with Gasteiger partial charge in [-0.2, -0.15) is 0 Å². The van der Waals surface area contributed by atoms with E-state index in [0.717, 1.165) is 0 Å². The number of benzene rings is 1. The van der Waals surface area contributed by atoms with Gasteiger partial charge >= 0.3 is 5.97 Å². The van der Waals surface area contributed by atoms with Crippen LogP contribution in [0.1, 0.15) is 22.2 Å². The van der Waals surface area contributed by atoms with Gasteiger partial charge in [0, 0.05) is 11.6 Å². The molecule has 1 heterocycles. The van der Waals surface area contributed by atoms with Crippen molar-refractivity contribution in [1.29, 1.82) is 0 Å². The highest BCUT2D eigenvalue weighted by molar-refractivity contribution is 5.97. The van der Waals surface area contributed by atoms with Gasteiger partial charge in [0.1, 0.15) is 17.1 Å². The quantitative estimate of drug-likeness (QED) is 0.642. The molecule has 0 saturated heterocycles. The minimum absolute atomic E-state index is 0.00157. The van der Waals surface area contributed by atoms with Crippen LogP contribution in [0.3, 0.4) is 0 Å². The normalized spacial score (nSPS) is 19.0. The van der Waals surface area contributed by atoms with Crippen molar-refractivity contribution >= 4 is 5.97 Å². The summed E-state index contributed by atoms with van der Waals surface area (Å²) in [5.74, 6) is -0.618. The number of ether oxygens (including phenoxy) is 2. The van der Waals surface area contributed by atoms with Gasteiger partial charge in [-0.1, -0.05) is 0 Å². The number of esters is 1. The van der Waals surface area contributed by atoms with Crippen molar-refractivity contribution in [2.75, 3.05) is 7.11 Å². The van der Waals surface area contributed by atoms with Crippen LogP contribution < -0.4 is 4.74 Å². The van der Waals surface area contributed by atoms with E-state index in [1.54, 1.807) is 0 Å². The van der Waals surface area contributed by atoms with Gasteiger partial charge in [0.15, 0.2) is 0 Å². The number of aliphatic hydroxyl groups excluding tert-OH is 1. The lowest BCUT2D eigenvalue weighted by Gasteiger charge is -2.05. The van der Waals surface area contributed by atoms with Crippen LogP contribution in [0.15, 0.2) is 12.1 Å². The fourth-order valence-corrected chi connectivity index (χ4v) is 1.38. The number of aromatic hydroxyl groups is 1. The van der Waals surface area contributed by atoms with Gasteiger partial charge in [-0.05, 0) is 6.07 Å². The molecule has 14 heavy (non-hydrogen) atoms. The van der Waals surface area contributed by atoms with E-state index in [4.69, 9.17) is 4.74 Å². The number of cyclic esters (lactones) is 1. The zero-order valence-electron chi connectivity index (χ0n) is 7.35. The maximum absolute atomic E-state index is 11.1. The summed E-state index contributed by atoms with van der Waals surface area (Å²) in [4.78, 5) is 11.1. The Bertz CT molecular complexity index is 398. The zero-order chi connectivity index (χ0) is 10.3. The molecule has 0 amide bonds. The number of aliphatic hydroxyl groups is 1. The molecule has 1 aromatic carbocycles. The van der Waals surface area contributed by atoms with E-state index in [1.807, 2.05) is 0 Å². The Hall–Kier alpha value is -1.75. The lowest BCUT2D eigenvalue weighted by Crippen LogP contribution is -1.96. The smallest absolute Gasteiger partial charge is 0.345 e. The third-order valence-electron chi connectivity index (χ3n) is 2.05. The number of phenolic OH excluding ortho intramolecular Hbond substituents is 1. The third-order valence-corrected chi connectivity index (χ3v) is 2.05. The minimum Gasteiger partial charge on any atom is -0.507 e. The van der Waals surface area contributed by atoms with E-state index in [1.165, 1.54) is 19.2 Å². The van der Waals surface area contributed by atoms with E-state index < -0.39 is 12.3 Å². The molecule has 2 N–H and O–H groups in total. The number of hydrogen-bond donors (Lipinski definition) is 2. The predicted octanol–water partition coefficient (Wildman–Crippen LogP) is 0.562. The standard InChI is InChI=1S/C9H8O5/c1-13-4-2-5-7(6(10)3-4)9(12)14-8(5)11/h2-3,8,10-11H,1H3. The highest BCUT2D eigenvalue weighted by Gasteiger charge is 2.33. The Balaban J connectivity index is 2.62. The summed E-state index contributed by atoms with van der Waals surface area (Å²) in [6, 6.07) is 2.74. The third kappa shape index (κ3) is 1.10. The number of phenols is 1. The van der Waals surface area contributed by atoms with Crippen LogP contribution in [-0.2, 0) is 4.74 Å². The Labute approximate surface area is 79.5 Å². The van der Waals surface area contributed by atoms with Gasteiger partial charge in [-0.3, -0.25) is 0 Å². The second-order valence-electron chi connectivity index (χ2n) is 2.87. The zero-order valence-corrected chi connectivity index (χ0v) is 7.35. The molecule has 0 saturated carbocycles. The fourth-order valence-electron chi connectivity index (χ4n) is 1.38. The predicted molar refractivity (Wildman–Crippen MR) is 45.0 cm³/mol. The Kier molecular flexibility index (Phi) is 1.82. The van der Waals surface area contributed by atoms with Crippen molar-refractivity contribution in [1.82, 2.24) is 0 Å². The van der Waals surface area contributed by atoms with Crippen LogP contribution in [-0.4, -0.2) is 23.3 Å². The van der Waals surface area contributed by atoms with Gasteiger partial charge < -0.3 is 19.7 Å². The van der Waals surface area contributed by atoms with Crippen LogP contribution in [0, 0.1) is 0 Å². The second kappa shape index (κ2) is 2.88. The lowest BCUT2D eigenvalue weighted by molar-refractivity contribution is -0.0548. The average Bonchev–Trinajstić information content (AvgIpc) is 2.42. The molecule has 1 unspecified atom stereocenters. The second-order valence-corrected chi connectivity index (χ2v) is 2.87. The summed E-state index contributed by atoms with van der Waals surface area (Å²) in [6.07, 6.45) is -1.32. The molecule has 0 spiro atoms. The van der Waals surface area contributed by atoms with Gasteiger partial charge in [0.05, 0.1) is 7.11 Å². The van der Waals surface area contributed by atoms with Crippen LogP contribution >= 0.6 is 0 Å². The van der Waals surface area contributed by atoms with E-state index >= 15 is 0 Å². The molecule has 5 nitrogen and oxygen atoms in total. The first-order valence-electron chi connectivity index (χ1n) is 3.93. The van der Waals surface area contributed by atoms with Crippen molar-refractivity contribution in [3.05, 3.63) is 23.3 Å². The summed E-state index contributed by atoms with van der Waals surface area (Å²) in [6.45, 7) is 0. The van der Waals surface area contributed by atoms with E-state index in [9.17, 15) is 15.0 Å². The van der Waals surface area contributed by atoms with Crippen LogP contribution in [0.25, 0.3) is 0 Å². The molecular weight excluding hydrogens is 188 g/mol. The number of carbonyl (C=O) groups excluding carboxylic acids is 1. The number of fused-ring (bicyclic) bond motifs is 1. The highest BCUT2D eigenvalue weighted by atomic mass is 16.6. The number of methoxy groups -OCH3 is 1. The summed E-state index contributed by atoms with van der Waals surface area (Å²) < 4.78 is 9.38. The SMILES string of the molecule is COc1cc(O)c2c(c1)C(O)OC2=O. The topological polar surface area (TPSA) is 76.0 Å². The van der Waals surface area contributed by atoms with E-state index in [0.29, 0.717) is 5.75 Å². The van der Waals surface area contributed by atoms with E-state index in [-0.39, 0.29) is 16.9 Å². The van der Waals surface area contributed by atoms with Crippen LogP contribution in [0.4, 0.5) is 0 Å². The van der Waals surface area contributed by atoms with Gasteiger partial charge in [0.2, 0.25) is 6.29 Å². The molecule has 0 radical (unpaired) electrons. The molecule has 1 aliphatic heterocycles. The van der Waals surface area contributed by atoms with Crippen molar-refractivity contribution in [3.8, 4) is 11.5 Å². The maximum atomic E-state index is 11.1. The molecule has 5 heteroatoms. The Morgan fingerprint density at radius 1 is 1.50 bits per heavy atom. The molecule has 1 atom stereocenters. The summed E-state index contributed by atoms with van der Waals surface area (Å²) in [5.41, 5.74) is 0.227. The molecule has 0 bridgehead atoms. The summed E-state index contributed by atoms with van der Waals surface area (Å²) in [5, 5.41) is 18.7. The average molecular weight is 196 g/mol. The first-order valence-corrected chi connectivity index (χ1v) is 3.93. The van der Waals surface area contributed by atoms with Gasteiger partial charge in [-0.25, -0.2) is 4.79 Å². The highest BCUT2D eigenvalue weighted by Crippen LogP contribution is 2.37. The summed E-state index contributed by atoms with van der Waals surface area (Å²) >= 11 is 0. The molecule has 0 fully saturated rings. The molecule has 2 rings (SSSR count).